The molecular weight excluding hydrogens is 378 g/mol. The molecule has 0 saturated carbocycles. The number of aromatic nitrogens is 2. The predicted octanol–water partition coefficient (Wildman–Crippen LogP) is 4.55. The number of carboxylic acids is 1. The summed E-state index contributed by atoms with van der Waals surface area (Å²) < 4.78 is 5.99. The molecular formula is C24H21N3O3. The Bertz CT molecular complexity index is 1170. The van der Waals surface area contributed by atoms with Gasteiger partial charge in [-0.25, -0.2) is 0 Å². The van der Waals surface area contributed by atoms with E-state index in [0.717, 1.165) is 33.4 Å². The van der Waals surface area contributed by atoms with E-state index in [4.69, 9.17) is 9.52 Å². The average Bonchev–Trinajstić information content (AvgIpc) is 3.25. The molecule has 0 atom stereocenters. The second-order valence-corrected chi connectivity index (χ2v) is 6.95. The van der Waals surface area contributed by atoms with Crippen LogP contribution in [0.1, 0.15) is 11.1 Å². The molecule has 0 radical (unpaired) electrons. The summed E-state index contributed by atoms with van der Waals surface area (Å²) in [6.45, 7) is 2.40. The van der Waals surface area contributed by atoms with E-state index in [1.54, 1.807) is 0 Å². The minimum Gasteiger partial charge on any atom is -0.480 e. The lowest BCUT2D eigenvalue weighted by atomic mass is 9.96. The predicted molar refractivity (Wildman–Crippen MR) is 115 cm³/mol. The first-order chi connectivity index (χ1) is 14.6. The van der Waals surface area contributed by atoms with Crippen LogP contribution in [-0.4, -0.2) is 27.8 Å². The second-order valence-electron chi connectivity index (χ2n) is 6.95. The molecule has 0 fully saturated rings. The Morgan fingerprint density at radius 1 is 0.900 bits per heavy atom. The van der Waals surface area contributed by atoms with Gasteiger partial charge in [0.1, 0.15) is 0 Å². The van der Waals surface area contributed by atoms with Gasteiger partial charge in [0, 0.05) is 17.7 Å². The summed E-state index contributed by atoms with van der Waals surface area (Å²) in [6.07, 6.45) is 0. The zero-order valence-corrected chi connectivity index (χ0v) is 16.5. The highest BCUT2D eigenvalue weighted by molar-refractivity contribution is 5.75. The van der Waals surface area contributed by atoms with E-state index in [9.17, 15) is 4.79 Å². The molecule has 3 aromatic carbocycles. The first kappa shape index (κ1) is 19.5. The second kappa shape index (κ2) is 8.71. The van der Waals surface area contributed by atoms with Crippen LogP contribution in [0.15, 0.2) is 77.2 Å². The Morgan fingerprint density at radius 3 is 2.40 bits per heavy atom. The van der Waals surface area contributed by atoms with Crippen LogP contribution < -0.4 is 5.32 Å². The number of aliphatic carboxylic acids is 1. The highest BCUT2D eigenvalue weighted by atomic mass is 16.4. The van der Waals surface area contributed by atoms with Gasteiger partial charge < -0.3 is 14.8 Å². The third-order valence-corrected chi connectivity index (χ3v) is 4.85. The summed E-state index contributed by atoms with van der Waals surface area (Å²) in [5.74, 6) is 0.00471. The van der Waals surface area contributed by atoms with Crippen molar-refractivity contribution >= 4 is 5.97 Å². The van der Waals surface area contributed by atoms with Crippen molar-refractivity contribution < 1.29 is 14.3 Å². The van der Waals surface area contributed by atoms with Gasteiger partial charge in [-0.15, -0.1) is 10.2 Å². The first-order valence-corrected chi connectivity index (χ1v) is 9.62. The Balaban J connectivity index is 1.60. The molecule has 6 nitrogen and oxygen atoms in total. The molecule has 0 aliphatic rings. The van der Waals surface area contributed by atoms with E-state index in [0.29, 0.717) is 18.3 Å². The number of carbonyl (C=O) groups is 1. The minimum absolute atomic E-state index is 0.0913. The normalized spacial score (nSPS) is 10.8. The van der Waals surface area contributed by atoms with Gasteiger partial charge in [0.25, 0.3) is 0 Å². The van der Waals surface area contributed by atoms with Gasteiger partial charge >= 0.3 is 5.97 Å². The standard InChI is InChI=1S/C24H21N3O3/c1-16-20(18-8-3-2-4-9-18)11-6-12-21(16)24-27-26-23(30-24)19-10-5-7-17(13-19)14-25-15-22(28)29/h2-13,25H,14-15H2,1H3,(H,28,29). The summed E-state index contributed by atoms with van der Waals surface area (Å²) >= 11 is 0. The molecule has 150 valence electrons. The smallest absolute Gasteiger partial charge is 0.317 e. The molecule has 0 aliphatic heterocycles. The third kappa shape index (κ3) is 4.29. The largest absolute Gasteiger partial charge is 0.480 e. The quantitative estimate of drug-likeness (QED) is 0.474. The van der Waals surface area contributed by atoms with E-state index in [2.05, 4.69) is 40.6 Å². The van der Waals surface area contributed by atoms with Crippen LogP contribution in [0.3, 0.4) is 0 Å². The van der Waals surface area contributed by atoms with Gasteiger partial charge in [-0.05, 0) is 47.4 Å². The van der Waals surface area contributed by atoms with Crippen molar-refractivity contribution in [2.45, 2.75) is 13.5 Å². The number of benzene rings is 3. The van der Waals surface area contributed by atoms with Gasteiger partial charge in [-0.2, -0.15) is 0 Å². The van der Waals surface area contributed by atoms with Gasteiger partial charge in [0.05, 0.1) is 6.54 Å². The maximum atomic E-state index is 10.7. The summed E-state index contributed by atoms with van der Waals surface area (Å²) in [5, 5.41) is 20.1. The summed E-state index contributed by atoms with van der Waals surface area (Å²) in [6, 6.07) is 23.9. The van der Waals surface area contributed by atoms with Crippen LogP contribution >= 0.6 is 0 Å². The Labute approximate surface area is 174 Å². The van der Waals surface area contributed by atoms with E-state index in [-0.39, 0.29) is 6.54 Å². The monoisotopic (exact) mass is 399 g/mol. The number of nitrogens with one attached hydrogen (secondary N) is 1. The maximum absolute atomic E-state index is 10.7. The zero-order valence-electron chi connectivity index (χ0n) is 16.5. The van der Waals surface area contributed by atoms with Crippen LogP contribution in [0.4, 0.5) is 0 Å². The first-order valence-electron chi connectivity index (χ1n) is 9.62. The van der Waals surface area contributed by atoms with Crippen LogP contribution in [0, 0.1) is 6.92 Å². The van der Waals surface area contributed by atoms with E-state index >= 15 is 0 Å². The maximum Gasteiger partial charge on any atom is 0.317 e. The third-order valence-electron chi connectivity index (χ3n) is 4.85. The zero-order chi connectivity index (χ0) is 20.9. The molecule has 1 aromatic heterocycles. The summed E-state index contributed by atoms with van der Waals surface area (Å²) in [5.41, 5.74) is 5.97. The topological polar surface area (TPSA) is 88.2 Å². The van der Waals surface area contributed by atoms with Crippen LogP contribution in [0.25, 0.3) is 34.0 Å². The van der Waals surface area contributed by atoms with Crippen molar-refractivity contribution in [2.75, 3.05) is 6.54 Å². The van der Waals surface area contributed by atoms with Crippen molar-refractivity contribution in [3.8, 4) is 34.0 Å². The lowest BCUT2D eigenvalue weighted by Gasteiger charge is -2.09. The van der Waals surface area contributed by atoms with Crippen LogP contribution in [-0.2, 0) is 11.3 Å². The molecule has 4 aromatic rings. The lowest BCUT2D eigenvalue weighted by molar-refractivity contribution is -0.135. The molecule has 4 rings (SSSR count). The fraction of sp³-hybridized carbons (Fsp3) is 0.125. The Hall–Kier alpha value is -3.77. The molecule has 2 N–H and O–H groups in total. The number of nitrogens with zero attached hydrogens (tertiary/aromatic N) is 2. The SMILES string of the molecule is Cc1c(-c2ccccc2)cccc1-c1nnc(-c2cccc(CNCC(=O)O)c2)o1. The number of rotatable bonds is 7. The Morgan fingerprint density at radius 2 is 1.60 bits per heavy atom. The van der Waals surface area contributed by atoms with Gasteiger partial charge in [0.2, 0.25) is 11.8 Å². The molecule has 0 bridgehead atoms. The van der Waals surface area contributed by atoms with Gasteiger partial charge in [0.15, 0.2) is 0 Å². The molecule has 0 saturated heterocycles. The molecule has 0 aliphatic carbocycles. The van der Waals surface area contributed by atoms with E-state index in [1.807, 2.05) is 54.6 Å². The van der Waals surface area contributed by atoms with Gasteiger partial charge in [-0.3, -0.25) is 4.79 Å². The van der Waals surface area contributed by atoms with E-state index < -0.39 is 5.97 Å². The van der Waals surface area contributed by atoms with Crippen molar-refractivity contribution in [3.63, 3.8) is 0 Å². The summed E-state index contributed by atoms with van der Waals surface area (Å²) in [4.78, 5) is 10.7. The van der Waals surface area contributed by atoms with Crippen LogP contribution in [0.2, 0.25) is 0 Å². The Kier molecular flexibility index (Phi) is 5.68. The summed E-state index contributed by atoms with van der Waals surface area (Å²) in [7, 11) is 0. The average molecular weight is 399 g/mol. The number of hydrogen-bond donors (Lipinski definition) is 2. The molecule has 0 amide bonds. The lowest BCUT2D eigenvalue weighted by Crippen LogP contribution is -2.21. The minimum atomic E-state index is -0.888. The van der Waals surface area contributed by atoms with Crippen molar-refractivity contribution in [3.05, 3.63) is 83.9 Å². The highest BCUT2D eigenvalue weighted by Crippen LogP contribution is 2.32. The fourth-order valence-corrected chi connectivity index (χ4v) is 3.37. The molecule has 1 heterocycles. The van der Waals surface area contributed by atoms with Crippen molar-refractivity contribution in [1.29, 1.82) is 0 Å². The fourth-order valence-electron chi connectivity index (χ4n) is 3.37. The van der Waals surface area contributed by atoms with Crippen molar-refractivity contribution in [2.24, 2.45) is 0 Å². The number of hydrogen-bond acceptors (Lipinski definition) is 5. The van der Waals surface area contributed by atoms with Gasteiger partial charge in [-0.1, -0.05) is 54.6 Å². The van der Waals surface area contributed by atoms with Crippen molar-refractivity contribution in [1.82, 2.24) is 15.5 Å². The van der Waals surface area contributed by atoms with Crippen LogP contribution in [0.5, 0.6) is 0 Å². The number of carboxylic acid groups (broad SMARTS) is 1. The van der Waals surface area contributed by atoms with E-state index in [1.165, 1.54) is 0 Å². The highest BCUT2D eigenvalue weighted by Gasteiger charge is 2.15. The molecule has 0 spiro atoms. The molecule has 6 heteroatoms. The molecule has 30 heavy (non-hydrogen) atoms. The molecule has 0 unspecified atom stereocenters.